The number of alkyl carbamates (subject to hydrolysis) is 1. The Labute approximate surface area is 163 Å². The lowest BCUT2D eigenvalue weighted by atomic mass is 10.1. The van der Waals surface area contributed by atoms with Crippen LogP contribution in [0.5, 0.6) is 0 Å². The van der Waals surface area contributed by atoms with Crippen molar-refractivity contribution in [2.45, 2.75) is 33.1 Å². The van der Waals surface area contributed by atoms with Crippen molar-refractivity contribution in [2.24, 2.45) is 5.92 Å². The number of hydrogen-bond donors (Lipinski definition) is 2. The molecule has 0 aliphatic carbocycles. The second-order valence-electron chi connectivity index (χ2n) is 6.54. The van der Waals surface area contributed by atoms with Gasteiger partial charge in [0.25, 0.3) is 0 Å². The van der Waals surface area contributed by atoms with Gasteiger partial charge in [-0.2, -0.15) is 0 Å². The van der Waals surface area contributed by atoms with Gasteiger partial charge in [0.2, 0.25) is 0 Å². The van der Waals surface area contributed by atoms with Crippen LogP contribution in [0.2, 0.25) is 0 Å². The third kappa shape index (κ3) is 6.42. The highest BCUT2D eigenvalue weighted by atomic mass is 16.6. The van der Waals surface area contributed by atoms with Crippen LogP contribution in [0.1, 0.15) is 35.3 Å². The van der Waals surface area contributed by atoms with Crippen molar-refractivity contribution >= 4 is 18.0 Å². The fourth-order valence-corrected chi connectivity index (χ4v) is 2.38. The minimum absolute atomic E-state index is 0.0251. The number of nitrogens with one attached hydrogen (secondary N) is 1. The number of rotatable bonds is 8. The van der Waals surface area contributed by atoms with Gasteiger partial charge in [-0.25, -0.2) is 14.4 Å². The zero-order valence-electron chi connectivity index (χ0n) is 15.8. The molecule has 28 heavy (non-hydrogen) atoms. The lowest BCUT2D eigenvalue weighted by Crippen LogP contribution is -2.45. The molecule has 7 heteroatoms. The van der Waals surface area contributed by atoms with Crippen molar-refractivity contribution < 1.29 is 29.0 Å². The Morgan fingerprint density at radius 2 is 1.46 bits per heavy atom. The molecular formula is C21H23NO6. The fraction of sp³-hybridized carbons (Fsp3) is 0.286. The number of esters is 1. The third-order valence-electron chi connectivity index (χ3n) is 3.99. The van der Waals surface area contributed by atoms with Gasteiger partial charge in [-0.3, -0.25) is 0 Å². The SMILES string of the molecule is CC(C)[C@H](NC(=O)OCc1ccccc1)C(=O)OCc1ccc(C(=O)O)cc1. The molecule has 1 atom stereocenters. The van der Waals surface area contributed by atoms with Crippen molar-refractivity contribution in [3.8, 4) is 0 Å². The van der Waals surface area contributed by atoms with E-state index >= 15 is 0 Å². The van der Waals surface area contributed by atoms with Crippen LogP contribution in [0.25, 0.3) is 0 Å². The van der Waals surface area contributed by atoms with Crippen molar-refractivity contribution in [2.75, 3.05) is 0 Å². The highest BCUT2D eigenvalue weighted by Crippen LogP contribution is 2.10. The Balaban J connectivity index is 1.86. The molecule has 0 radical (unpaired) electrons. The Morgan fingerprint density at radius 3 is 2.04 bits per heavy atom. The molecule has 0 bridgehead atoms. The molecule has 0 fully saturated rings. The molecule has 0 spiro atoms. The van der Waals surface area contributed by atoms with Crippen molar-refractivity contribution in [3.63, 3.8) is 0 Å². The number of carboxylic acids is 1. The molecule has 0 aromatic heterocycles. The fourth-order valence-electron chi connectivity index (χ4n) is 2.38. The molecule has 0 heterocycles. The Kier molecular flexibility index (Phi) is 7.56. The number of aromatic carboxylic acids is 1. The van der Waals surface area contributed by atoms with Gasteiger partial charge in [0.05, 0.1) is 5.56 Å². The van der Waals surface area contributed by atoms with Crippen LogP contribution < -0.4 is 5.32 Å². The maximum absolute atomic E-state index is 12.4. The number of hydrogen-bond acceptors (Lipinski definition) is 5. The molecule has 2 aromatic carbocycles. The van der Waals surface area contributed by atoms with Crippen molar-refractivity contribution in [1.82, 2.24) is 5.32 Å². The summed E-state index contributed by atoms with van der Waals surface area (Å²) in [7, 11) is 0. The number of ether oxygens (including phenoxy) is 2. The summed E-state index contributed by atoms with van der Waals surface area (Å²) in [5.41, 5.74) is 1.64. The highest BCUT2D eigenvalue weighted by Gasteiger charge is 2.26. The van der Waals surface area contributed by atoms with Crippen molar-refractivity contribution in [3.05, 3.63) is 71.3 Å². The lowest BCUT2D eigenvalue weighted by Gasteiger charge is -2.20. The molecule has 2 aromatic rings. The average Bonchev–Trinajstić information content (AvgIpc) is 2.69. The molecule has 148 valence electrons. The van der Waals surface area contributed by atoms with Crippen LogP contribution in [0, 0.1) is 5.92 Å². The smallest absolute Gasteiger partial charge is 0.408 e. The molecule has 0 saturated heterocycles. The summed E-state index contributed by atoms with van der Waals surface area (Å²) in [4.78, 5) is 35.2. The molecule has 0 aliphatic rings. The van der Waals surface area contributed by atoms with Crippen molar-refractivity contribution in [1.29, 1.82) is 0 Å². The highest BCUT2D eigenvalue weighted by molar-refractivity contribution is 5.87. The first-order chi connectivity index (χ1) is 13.4. The van der Waals surface area contributed by atoms with Crippen LogP contribution in [-0.2, 0) is 27.5 Å². The minimum Gasteiger partial charge on any atom is -0.478 e. The number of carboxylic acid groups (broad SMARTS) is 1. The maximum atomic E-state index is 12.4. The molecule has 1 amide bonds. The lowest BCUT2D eigenvalue weighted by molar-refractivity contribution is -0.148. The zero-order chi connectivity index (χ0) is 20.5. The van der Waals surface area contributed by atoms with Gasteiger partial charge >= 0.3 is 18.0 Å². The Hall–Kier alpha value is -3.35. The topological polar surface area (TPSA) is 102 Å². The van der Waals surface area contributed by atoms with E-state index in [1.165, 1.54) is 12.1 Å². The van der Waals surface area contributed by atoms with Crippen LogP contribution in [0.15, 0.2) is 54.6 Å². The number of benzene rings is 2. The van der Waals surface area contributed by atoms with E-state index in [1.807, 2.05) is 30.3 Å². The van der Waals surface area contributed by atoms with Gasteiger partial charge in [0.1, 0.15) is 19.3 Å². The second kappa shape index (κ2) is 10.1. The predicted octanol–water partition coefficient (Wildman–Crippen LogP) is 3.38. The Morgan fingerprint density at radius 1 is 0.893 bits per heavy atom. The van der Waals surface area contributed by atoms with Gasteiger partial charge in [-0.05, 0) is 29.2 Å². The first-order valence-corrected chi connectivity index (χ1v) is 8.83. The van der Waals surface area contributed by atoms with E-state index in [2.05, 4.69) is 5.32 Å². The normalized spacial score (nSPS) is 11.5. The summed E-state index contributed by atoms with van der Waals surface area (Å²) in [5, 5.41) is 11.4. The average molecular weight is 385 g/mol. The van der Waals surface area contributed by atoms with E-state index in [4.69, 9.17) is 14.6 Å². The summed E-state index contributed by atoms with van der Waals surface area (Å²) in [6, 6.07) is 14.4. The second-order valence-corrected chi connectivity index (χ2v) is 6.54. The molecule has 0 unspecified atom stereocenters. The summed E-state index contributed by atoms with van der Waals surface area (Å²) in [6.45, 7) is 3.64. The largest absolute Gasteiger partial charge is 0.478 e. The quantitative estimate of drug-likeness (QED) is 0.676. The maximum Gasteiger partial charge on any atom is 0.408 e. The van der Waals surface area contributed by atoms with Crippen LogP contribution in [-0.4, -0.2) is 29.2 Å². The predicted molar refractivity (Wildman–Crippen MR) is 102 cm³/mol. The minimum atomic E-state index is -1.03. The summed E-state index contributed by atoms with van der Waals surface area (Å²) >= 11 is 0. The van der Waals surface area contributed by atoms with E-state index in [-0.39, 0.29) is 24.7 Å². The molecular weight excluding hydrogens is 362 g/mol. The molecule has 7 nitrogen and oxygen atoms in total. The van der Waals surface area contributed by atoms with Gasteiger partial charge in [0.15, 0.2) is 0 Å². The summed E-state index contributed by atoms with van der Waals surface area (Å²) in [6.07, 6.45) is -0.703. The summed E-state index contributed by atoms with van der Waals surface area (Å²) in [5.74, 6) is -1.82. The van der Waals surface area contributed by atoms with Gasteiger partial charge in [-0.1, -0.05) is 56.3 Å². The number of carbonyl (C=O) groups is 3. The van der Waals surface area contributed by atoms with Crippen LogP contribution >= 0.6 is 0 Å². The van der Waals surface area contributed by atoms with Gasteiger partial charge in [0, 0.05) is 0 Å². The van der Waals surface area contributed by atoms with E-state index in [0.29, 0.717) is 5.56 Å². The Bertz CT molecular complexity index is 801. The molecule has 2 N–H and O–H groups in total. The van der Waals surface area contributed by atoms with E-state index in [0.717, 1.165) is 5.56 Å². The van der Waals surface area contributed by atoms with Crippen LogP contribution in [0.3, 0.4) is 0 Å². The zero-order valence-corrected chi connectivity index (χ0v) is 15.8. The first kappa shape index (κ1) is 21.0. The molecule has 0 aliphatic heterocycles. The monoisotopic (exact) mass is 385 g/mol. The molecule has 0 saturated carbocycles. The van der Waals surface area contributed by atoms with E-state index in [1.54, 1.807) is 26.0 Å². The van der Waals surface area contributed by atoms with E-state index in [9.17, 15) is 14.4 Å². The van der Waals surface area contributed by atoms with Gasteiger partial charge in [-0.15, -0.1) is 0 Å². The summed E-state index contributed by atoms with van der Waals surface area (Å²) < 4.78 is 10.4. The third-order valence-corrected chi connectivity index (χ3v) is 3.99. The number of amides is 1. The van der Waals surface area contributed by atoms with Gasteiger partial charge < -0.3 is 19.9 Å². The first-order valence-electron chi connectivity index (χ1n) is 8.83. The van der Waals surface area contributed by atoms with E-state index < -0.39 is 24.1 Å². The molecule has 2 rings (SSSR count). The number of carbonyl (C=O) groups excluding carboxylic acids is 2. The van der Waals surface area contributed by atoms with Crippen LogP contribution in [0.4, 0.5) is 4.79 Å². The standard InChI is InChI=1S/C21H23NO6/c1-14(2)18(22-21(26)28-13-15-6-4-3-5-7-15)20(25)27-12-16-8-10-17(11-9-16)19(23)24/h3-11,14,18H,12-13H2,1-2H3,(H,22,26)(H,23,24)/t18-/m0/s1.